The molecule has 9 heterocycles. The first kappa shape index (κ1) is 53.5. The van der Waals surface area contributed by atoms with Crippen molar-refractivity contribution in [2.24, 2.45) is 0 Å². The molecule has 0 amide bonds. The molecule has 0 saturated carbocycles. The molecule has 0 spiro atoms. The number of benzene rings is 3. The maximum atomic E-state index is 6.30. The maximum absolute atomic E-state index is 6.30. The van der Waals surface area contributed by atoms with Crippen molar-refractivity contribution >= 4 is 34.8 Å². The summed E-state index contributed by atoms with van der Waals surface area (Å²) in [4.78, 5) is 13.6. The van der Waals surface area contributed by atoms with Gasteiger partial charge in [-0.3, -0.25) is 13.7 Å². The molecule has 0 N–H and O–H groups in total. The quantitative estimate of drug-likeness (QED) is 0.125. The number of terminal acetylenes is 2. The van der Waals surface area contributed by atoms with Crippen molar-refractivity contribution in [2.45, 2.75) is 120 Å². The van der Waals surface area contributed by atoms with Crippen molar-refractivity contribution < 1.29 is 14.2 Å². The van der Waals surface area contributed by atoms with Crippen LogP contribution in [0.2, 0.25) is 15.1 Å². The fourth-order valence-corrected chi connectivity index (χ4v) is 10.0. The Hall–Kier alpha value is -7.86. The molecular weight excluding hydrogens is 1050 g/mol. The molecule has 18 nitrogen and oxygen atoms in total. The van der Waals surface area contributed by atoms with E-state index in [4.69, 9.17) is 61.9 Å². The molecule has 3 aliphatic rings. The first-order chi connectivity index (χ1) is 37.6. The Morgan fingerprint density at radius 2 is 0.910 bits per heavy atom. The van der Waals surface area contributed by atoms with E-state index in [1.54, 1.807) is 6.33 Å². The van der Waals surface area contributed by atoms with Gasteiger partial charge in [-0.05, 0) is 135 Å². The molecule has 78 heavy (non-hydrogen) atoms. The smallest absolute Gasteiger partial charge is 0.166 e. The van der Waals surface area contributed by atoms with Crippen LogP contribution in [0, 0.1) is 50.4 Å². The Morgan fingerprint density at radius 3 is 1.32 bits per heavy atom. The Balaban J connectivity index is 0.000000132. The Bertz CT molecular complexity index is 3920. The Morgan fingerprint density at radius 1 is 0.526 bits per heavy atom. The van der Waals surface area contributed by atoms with E-state index in [0.717, 1.165) is 103 Å². The first-order valence-electron chi connectivity index (χ1n) is 25.2. The molecule has 6 aromatic heterocycles. The molecule has 396 valence electrons. The number of ether oxygens (including phenoxy) is 3. The van der Waals surface area contributed by atoms with Crippen LogP contribution in [-0.4, -0.2) is 91.3 Å². The predicted octanol–water partition coefficient (Wildman–Crippen LogP) is 10.2. The lowest BCUT2D eigenvalue weighted by Crippen LogP contribution is -2.12. The molecule has 0 atom stereocenters. The summed E-state index contributed by atoms with van der Waals surface area (Å²) in [6, 6.07) is 17.2. The van der Waals surface area contributed by atoms with Crippen LogP contribution in [0.5, 0.6) is 0 Å². The van der Waals surface area contributed by atoms with Gasteiger partial charge in [0.2, 0.25) is 0 Å². The summed E-state index contributed by atoms with van der Waals surface area (Å²) in [5.74, 6) is 17.7. The van der Waals surface area contributed by atoms with Crippen molar-refractivity contribution in [3.05, 3.63) is 139 Å². The lowest BCUT2D eigenvalue weighted by Gasteiger charge is -2.10. The van der Waals surface area contributed by atoms with Crippen molar-refractivity contribution in [1.82, 2.24) is 72.9 Å². The number of nitrogens with zero attached hydrogens (tertiary/aromatic N) is 15. The highest BCUT2D eigenvalue weighted by Crippen LogP contribution is 2.38. The van der Waals surface area contributed by atoms with Crippen LogP contribution in [0.4, 0.5) is 0 Å². The summed E-state index contributed by atoms with van der Waals surface area (Å²) in [6.45, 7) is 20.4. The zero-order valence-electron chi connectivity index (χ0n) is 44.5. The topological polar surface area (TPSA) is 173 Å². The van der Waals surface area contributed by atoms with Crippen molar-refractivity contribution in [3.8, 4) is 87.8 Å². The minimum atomic E-state index is 0.101. The number of hydrogen-bond donors (Lipinski definition) is 0. The van der Waals surface area contributed by atoms with Crippen LogP contribution in [0.3, 0.4) is 0 Å². The van der Waals surface area contributed by atoms with Gasteiger partial charge in [0.15, 0.2) is 34.9 Å². The van der Waals surface area contributed by atoms with Gasteiger partial charge in [-0.15, -0.1) is 43.4 Å². The second-order valence-electron chi connectivity index (χ2n) is 19.3. The van der Waals surface area contributed by atoms with E-state index in [9.17, 15) is 0 Å². The highest BCUT2D eigenvalue weighted by atomic mass is 35.5. The van der Waals surface area contributed by atoms with E-state index in [1.807, 2.05) is 131 Å². The predicted molar refractivity (Wildman–Crippen MR) is 298 cm³/mol. The average Bonchev–Trinajstić information content (AvgIpc) is 4.45. The molecule has 0 bridgehead atoms. The van der Waals surface area contributed by atoms with Crippen LogP contribution in [-0.2, 0) is 53.7 Å². The Kier molecular flexibility index (Phi) is 15.3. The summed E-state index contributed by atoms with van der Waals surface area (Å²) >= 11 is 18.8. The van der Waals surface area contributed by atoms with E-state index in [0.29, 0.717) is 65.9 Å². The van der Waals surface area contributed by atoms with Gasteiger partial charge in [0.05, 0.1) is 72.1 Å². The van der Waals surface area contributed by atoms with Gasteiger partial charge in [0.1, 0.15) is 54.9 Å². The number of aromatic nitrogens is 15. The van der Waals surface area contributed by atoms with Crippen LogP contribution < -0.4 is 0 Å². The van der Waals surface area contributed by atoms with Gasteiger partial charge in [0, 0.05) is 31.8 Å². The minimum absolute atomic E-state index is 0.101. The number of fused-ring (bicyclic) bond motifs is 15. The van der Waals surface area contributed by atoms with Crippen LogP contribution >= 0.6 is 34.8 Å². The van der Waals surface area contributed by atoms with Gasteiger partial charge in [-0.1, -0.05) is 40.7 Å². The van der Waals surface area contributed by atoms with Gasteiger partial charge >= 0.3 is 0 Å². The standard InChI is InChI=1S/C20H20ClN5O.C19H18ClN5O.C18H16ClN5O/c1-5-6-16-18-10-25-19(11-27-12(2)3)23-24-20(25)15-9-14(21)7-8-17(15)26(18)13(4)22-16;1-5-15-17-9-24-18(10-26-11(2)3)22-23-19(24)14-8-13(20)6-7-16(14)25(17)12(4)21-15;1-4-14-16-8-23-17(9-25-11(2)3)21-22-18(23)13-7-12(19)5-6-15(13)24(16)10-20-14/h7-9,12H,10-11H2,1-4H3;1,6-8,11H,9-10H2,2-4H3;1,5-7,10-11H,8-9H2,2-3H3. The molecule has 0 unspecified atom stereocenters. The molecule has 9 aromatic rings. The van der Waals surface area contributed by atoms with E-state index in [1.165, 1.54) is 0 Å². The SMILES string of the molecule is C#Cc1nc(C)n2c1Cn1c(COC(C)C)nnc1-c1cc(Cl)ccc1-2.C#Cc1ncn2c1Cn1c(COC(C)C)nnc1-c1cc(Cl)ccc1-2.CC#Cc1nc(C)n2c1Cn1c(COC(C)C)nnc1-c1cc(Cl)ccc1-2. The summed E-state index contributed by atoms with van der Waals surface area (Å²) in [5.41, 5.74) is 10.4. The zero-order chi connectivity index (χ0) is 55.1. The second kappa shape index (κ2) is 22.2. The van der Waals surface area contributed by atoms with Gasteiger partial charge in [-0.25, -0.2) is 15.0 Å². The average molecular weight is 1100 g/mol. The lowest BCUT2D eigenvalue weighted by molar-refractivity contribution is 0.0593. The third-order valence-electron chi connectivity index (χ3n) is 13.0. The third kappa shape index (κ3) is 10.2. The number of rotatable bonds is 9. The summed E-state index contributed by atoms with van der Waals surface area (Å²) < 4.78 is 29.5. The van der Waals surface area contributed by atoms with Gasteiger partial charge in [0.25, 0.3) is 0 Å². The van der Waals surface area contributed by atoms with Crippen molar-refractivity contribution in [2.75, 3.05) is 0 Å². The summed E-state index contributed by atoms with van der Waals surface area (Å²) in [6.07, 6.45) is 13.4. The van der Waals surface area contributed by atoms with Gasteiger partial charge < -0.3 is 27.9 Å². The normalized spacial score (nSPS) is 12.2. The van der Waals surface area contributed by atoms with E-state index in [-0.39, 0.29) is 18.3 Å². The molecule has 12 rings (SSSR count). The van der Waals surface area contributed by atoms with Crippen LogP contribution in [0.1, 0.15) is 112 Å². The highest BCUT2D eigenvalue weighted by Gasteiger charge is 2.30. The molecule has 3 aliphatic heterocycles. The fraction of sp³-hybridized carbons (Fsp3) is 0.316. The highest BCUT2D eigenvalue weighted by molar-refractivity contribution is 6.31. The van der Waals surface area contributed by atoms with E-state index >= 15 is 0 Å². The van der Waals surface area contributed by atoms with Crippen LogP contribution in [0.25, 0.3) is 51.2 Å². The molecule has 0 aliphatic carbocycles. The van der Waals surface area contributed by atoms with Crippen molar-refractivity contribution in [1.29, 1.82) is 0 Å². The first-order valence-corrected chi connectivity index (χ1v) is 26.3. The fourth-order valence-electron chi connectivity index (χ4n) is 9.53. The van der Waals surface area contributed by atoms with Crippen molar-refractivity contribution in [3.63, 3.8) is 0 Å². The largest absolute Gasteiger partial charge is 0.371 e. The summed E-state index contributed by atoms with van der Waals surface area (Å²) in [7, 11) is 0. The monoisotopic (exact) mass is 1100 g/mol. The molecular formula is C57H54Cl3N15O3. The number of halogens is 3. The zero-order valence-corrected chi connectivity index (χ0v) is 46.7. The minimum Gasteiger partial charge on any atom is -0.371 e. The van der Waals surface area contributed by atoms with E-state index < -0.39 is 0 Å². The van der Waals surface area contributed by atoms with Crippen LogP contribution in [0.15, 0.2) is 60.9 Å². The molecule has 3 aromatic carbocycles. The molecule has 0 saturated heterocycles. The van der Waals surface area contributed by atoms with E-state index in [2.05, 4.69) is 82.9 Å². The maximum Gasteiger partial charge on any atom is 0.166 e. The third-order valence-corrected chi connectivity index (χ3v) is 13.8. The molecule has 0 radical (unpaired) electrons. The number of hydrogen-bond acceptors (Lipinski definition) is 12. The number of aryl methyl sites for hydroxylation is 2. The molecule has 21 heteroatoms. The Labute approximate surface area is 466 Å². The molecule has 0 fully saturated rings. The van der Waals surface area contributed by atoms with Gasteiger partial charge in [-0.2, -0.15) is 0 Å². The lowest BCUT2D eigenvalue weighted by atomic mass is 10.1. The second-order valence-corrected chi connectivity index (χ2v) is 20.6. The summed E-state index contributed by atoms with van der Waals surface area (Å²) in [5, 5.41) is 28.2. The number of imidazole rings is 3.